The molecule has 0 aromatic carbocycles. The summed E-state index contributed by atoms with van der Waals surface area (Å²) in [7, 11) is 0. The molecule has 1 aliphatic heterocycles. The van der Waals surface area contributed by atoms with Crippen LogP contribution in [0.4, 0.5) is 5.82 Å². The molecule has 1 saturated heterocycles. The fraction of sp³-hybridized carbons (Fsp3) is 0.571. The van der Waals surface area contributed by atoms with Crippen LogP contribution in [-0.4, -0.2) is 69.5 Å². The molecule has 3 atom stereocenters. The molecular formula is C28H36N4O4. The zero-order valence-corrected chi connectivity index (χ0v) is 20.8. The molecular weight excluding hydrogens is 456 g/mol. The maximum absolute atomic E-state index is 13.1. The number of nitrogens with zero attached hydrogens (tertiary/aromatic N) is 4. The van der Waals surface area contributed by atoms with E-state index < -0.39 is 6.10 Å². The highest BCUT2D eigenvalue weighted by atomic mass is 16.5. The first-order valence-corrected chi connectivity index (χ1v) is 13.5. The third-order valence-corrected chi connectivity index (χ3v) is 8.52. The van der Waals surface area contributed by atoms with Crippen molar-refractivity contribution in [1.82, 2.24) is 14.5 Å². The van der Waals surface area contributed by atoms with Gasteiger partial charge in [-0.15, -0.1) is 0 Å². The molecule has 36 heavy (non-hydrogen) atoms. The summed E-state index contributed by atoms with van der Waals surface area (Å²) in [5, 5.41) is 22.1. The van der Waals surface area contributed by atoms with Gasteiger partial charge in [0, 0.05) is 61.9 Å². The van der Waals surface area contributed by atoms with Crippen LogP contribution >= 0.6 is 0 Å². The van der Waals surface area contributed by atoms with E-state index in [0.29, 0.717) is 6.54 Å². The number of rotatable bonds is 7. The van der Waals surface area contributed by atoms with Crippen molar-refractivity contribution in [3.8, 4) is 11.8 Å². The van der Waals surface area contributed by atoms with Gasteiger partial charge in [-0.25, -0.2) is 4.98 Å². The minimum Gasteiger partial charge on any atom is -0.494 e. The second kappa shape index (κ2) is 9.81. The fourth-order valence-electron chi connectivity index (χ4n) is 6.59. The summed E-state index contributed by atoms with van der Waals surface area (Å²) in [4.78, 5) is 22.2. The minimum absolute atomic E-state index is 0.0424. The molecule has 2 N–H and O–H groups in total. The summed E-state index contributed by atoms with van der Waals surface area (Å²) < 4.78 is 7.69. The van der Waals surface area contributed by atoms with Crippen LogP contribution in [0.15, 0.2) is 36.5 Å². The van der Waals surface area contributed by atoms with Gasteiger partial charge in [-0.1, -0.05) is 37.5 Å². The van der Waals surface area contributed by atoms with Crippen LogP contribution in [0.2, 0.25) is 0 Å². The number of aromatic nitrogens is 2. The zero-order chi connectivity index (χ0) is 24.6. The number of allylic oxidation sites excluding steroid dienone is 2. The minimum atomic E-state index is -0.448. The predicted octanol–water partition coefficient (Wildman–Crippen LogP) is 3.75. The number of carbonyl (C=O) groups is 1. The normalized spacial score (nSPS) is 24.7. The lowest BCUT2D eigenvalue weighted by Crippen LogP contribution is -2.50. The Morgan fingerprint density at radius 2 is 1.67 bits per heavy atom. The van der Waals surface area contributed by atoms with E-state index in [-0.39, 0.29) is 42.0 Å². The maximum atomic E-state index is 13.1. The molecule has 2 unspecified atom stereocenters. The summed E-state index contributed by atoms with van der Waals surface area (Å²) in [6.07, 6.45) is 11.6. The Bertz CT molecular complexity index is 1080. The Kier molecular flexibility index (Phi) is 6.37. The van der Waals surface area contributed by atoms with E-state index in [9.17, 15) is 15.0 Å². The van der Waals surface area contributed by atoms with Gasteiger partial charge >= 0.3 is 5.97 Å². The second-order valence-electron chi connectivity index (χ2n) is 10.8. The first-order valence-electron chi connectivity index (χ1n) is 13.5. The number of carbonyl (C=O) groups excluding carboxylic acids is 1. The van der Waals surface area contributed by atoms with E-state index >= 15 is 0 Å². The van der Waals surface area contributed by atoms with Crippen LogP contribution in [0.5, 0.6) is 11.8 Å². The Morgan fingerprint density at radius 3 is 2.31 bits per heavy atom. The van der Waals surface area contributed by atoms with Gasteiger partial charge in [0.2, 0.25) is 0 Å². The van der Waals surface area contributed by atoms with E-state index in [2.05, 4.69) is 26.9 Å². The molecule has 3 aliphatic carbocycles. The Morgan fingerprint density at radius 1 is 0.972 bits per heavy atom. The van der Waals surface area contributed by atoms with Gasteiger partial charge in [0.15, 0.2) is 11.8 Å². The summed E-state index contributed by atoms with van der Waals surface area (Å²) in [5.41, 5.74) is 1.70. The van der Waals surface area contributed by atoms with Gasteiger partial charge in [-0.2, -0.15) is 0 Å². The van der Waals surface area contributed by atoms with E-state index in [1.165, 1.54) is 6.42 Å². The molecule has 6 rings (SSSR count). The second-order valence-corrected chi connectivity index (χ2v) is 10.8. The molecule has 0 amide bonds. The quantitative estimate of drug-likeness (QED) is 0.449. The number of esters is 1. The molecule has 8 heteroatoms. The summed E-state index contributed by atoms with van der Waals surface area (Å²) in [6.45, 7) is 4.20. The number of hydrogen-bond donors (Lipinski definition) is 2. The highest BCUT2D eigenvalue weighted by Gasteiger charge is 2.41. The standard InChI is InChI=1S/C28H36N4O4/c33-26-24-20-9-10-21(16-20)25(24)27(34)32(26)18-22(36-28(35)19-6-2-1-3-7-19)17-30-12-14-31(15-13-30)23-8-4-5-11-29-23/h4-5,8-11,19-22,33-34H,1-3,6-7,12-18H2/t20-,21?,22?/m0/s1. The zero-order valence-electron chi connectivity index (χ0n) is 20.8. The summed E-state index contributed by atoms with van der Waals surface area (Å²) in [5.74, 6) is 1.39. The first kappa shape index (κ1) is 23.4. The smallest absolute Gasteiger partial charge is 0.309 e. The van der Waals surface area contributed by atoms with Gasteiger partial charge in [0.05, 0.1) is 12.5 Å². The molecule has 1 saturated carbocycles. The monoisotopic (exact) mass is 492 g/mol. The number of aromatic hydroxyl groups is 2. The fourth-order valence-corrected chi connectivity index (χ4v) is 6.59. The molecule has 0 spiro atoms. The SMILES string of the molecule is O=C(OC(CN1CCN(c2ccccn2)CC1)Cn1c(O)c2c(c1O)[C@H]1C=CC2C1)C1CCCCC1. The van der Waals surface area contributed by atoms with Crippen molar-refractivity contribution in [2.75, 3.05) is 37.6 Å². The van der Waals surface area contributed by atoms with Gasteiger partial charge in [0.25, 0.3) is 0 Å². The van der Waals surface area contributed by atoms with Crippen LogP contribution in [0.3, 0.4) is 0 Å². The molecule has 4 aliphatic rings. The predicted molar refractivity (Wildman–Crippen MR) is 136 cm³/mol. The van der Waals surface area contributed by atoms with Crippen molar-refractivity contribution in [3.05, 3.63) is 47.7 Å². The Hall–Kier alpha value is -3.00. The maximum Gasteiger partial charge on any atom is 0.309 e. The summed E-state index contributed by atoms with van der Waals surface area (Å²) in [6, 6.07) is 5.96. The third kappa shape index (κ3) is 4.36. The third-order valence-electron chi connectivity index (χ3n) is 8.52. The molecule has 2 bridgehead atoms. The topological polar surface area (TPSA) is 91.1 Å². The first-order chi connectivity index (χ1) is 17.6. The van der Waals surface area contributed by atoms with Crippen molar-refractivity contribution in [3.63, 3.8) is 0 Å². The van der Waals surface area contributed by atoms with E-state index in [0.717, 1.165) is 75.2 Å². The number of hydrogen-bond acceptors (Lipinski definition) is 7. The summed E-state index contributed by atoms with van der Waals surface area (Å²) >= 11 is 0. The highest BCUT2D eigenvalue weighted by molar-refractivity contribution is 5.72. The highest BCUT2D eigenvalue weighted by Crippen LogP contribution is 2.56. The Labute approximate surface area is 212 Å². The lowest BCUT2D eigenvalue weighted by Gasteiger charge is -2.37. The molecule has 8 nitrogen and oxygen atoms in total. The van der Waals surface area contributed by atoms with Gasteiger partial charge < -0.3 is 19.8 Å². The van der Waals surface area contributed by atoms with Gasteiger partial charge in [-0.3, -0.25) is 14.3 Å². The van der Waals surface area contributed by atoms with Crippen LogP contribution in [0.1, 0.15) is 61.5 Å². The number of piperazine rings is 1. The van der Waals surface area contributed by atoms with Crippen LogP contribution in [0.25, 0.3) is 0 Å². The molecule has 192 valence electrons. The average molecular weight is 493 g/mol. The van der Waals surface area contributed by atoms with Gasteiger partial charge in [-0.05, 0) is 31.4 Å². The van der Waals surface area contributed by atoms with Crippen molar-refractivity contribution in [2.24, 2.45) is 5.92 Å². The molecule has 3 heterocycles. The average Bonchev–Trinajstić information content (AvgIpc) is 3.60. The van der Waals surface area contributed by atoms with E-state index in [1.807, 2.05) is 24.4 Å². The lowest BCUT2D eigenvalue weighted by atomic mass is 9.89. The van der Waals surface area contributed by atoms with Crippen molar-refractivity contribution in [2.45, 2.75) is 63.0 Å². The van der Waals surface area contributed by atoms with Crippen molar-refractivity contribution < 1.29 is 19.7 Å². The Balaban J connectivity index is 1.17. The molecule has 2 aromatic heterocycles. The number of pyridine rings is 1. The van der Waals surface area contributed by atoms with Crippen molar-refractivity contribution >= 4 is 11.8 Å². The number of fused-ring (bicyclic) bond motifs is 5. The van der Waals surface area contributed by atoms with Crippen LogP contribution < -0.4 is 4.90 Å². The van der Waals surface area contributed by atoms with Crippen LogP contribution in [-0.2, 0) is 16.1 Å². The lowest BCUT2D eigenvalue weighted by molar-refractivity contribution is -0.157. The van der Waals surface area contributed by atoms with E-state index in [1.54, 1.807) is 4.57 Å². The van der Waals surface area contributed by atoms with Crippen LogP contribution in [0, 0.1) is 5.92 Å². The molecule has 0 radical (unpaired) electrons. The number of anilines is 1. The number of ether oxygens (including phenoxy) is 1. The largest absolute Gasteiger partial charge is 0.494 e. The van der Waals surface area contributed by atoms with Crippen molar-refractivity contribution in [1.29, 1.82) is 0 Å². The molecule has 2 aromatic rings. The van der Waals surface area contributed by atoms with Gasteiger partial charge in [0.1, 0.15) is 11.9 Å². The molecule has 2 fully saturated rings. The van der Waals surface area contributed by atoms with E-state index in [4.69, 9.17) is 4.74 Å².